The molecular weight excluding hydrogens is 421 g/mol. The summed E-state index contributed by atoms with van der Waals surface area (Å²) in [6.45, 7) is 0.550. The molecule has 1 aliphatic heterocycles. The van der Waals surface area contributed by atoms with E-state index in [1.54, 1.807) is 14.1 Å². The largest absolute Gasteiger partial charge is 0.507 e. The lowest BCUT2D eigenvalue weighted by Gasteiger charge is -2.26. The van der Waals surface area contributed by atoms with Gasteiger partial charge in [-0.15, -0.1) is 0 Å². The number of ketones is 1. The minimum absolute atomic E-state index is 0.0238. The number of non-ortho nitro benzene ring substituents is 1. The second-order valence-electron chi connectivity index (χ2n) is 7.50. The highest BCUT2D eigenvalue weighted by Gasteiger charge is 2.46. The number of carbonyl (C=O) groups excluding carboxylic acids is 2. The molecule has 0 spiro atoms. The van der Waals surface area contributed by atoms with Gasteiger partial charge in [-0.25, -0.2) is 4.39 Å². The molecule has 1 aliphatic rings. The normalized spacial score (nSPS) is 17.8. The minimum atomic E-state index is -1.07. The molecule has 0 aromatic heterocycles. The molecule has 1 amide bonds. The number of carbonyl (C=O) groups is 2. The Hall–Kier alpha value is -3.79. The third kappa shape index (κ3) is 4.30. The van der Waals surface area contributed by atoms with Crippen LogP contribution in [0, 0.1) is 15.9 Å². The lowest BCUT2D eigenvalue weighted by atomic mass is 9.95. The molecule has 2 aromatic carbocycles. The summed E-state index contributed by atoms with van der Waals surface area (Å²) in [6, 6.07) is 8.08. The zero-order chi connectivity index (χ0) is 23.6. The van der Waals surface area contributed by atoms with Gasteiger partial charge in [0.2, 0.25) is 0 Å². The number of rotatable bonds is 7. The lowest BCUT2D eigenvalue weighted by molar-refractivity contribution is -0.384. The number of likely N-dealkylation sites (tertiary alicyclic amines) is 1. The third-order valence-electron chi connectivity index (χ3n) is 5.15. The van der Waals surface area contributed by atoms with Crippen LogP contribution in [0.25, 0.3) is 5.76 Å². The number of likely N-dealkylation sites (N-methyl/N-ethyl adjacent to an activating group) is 1. The van der Waals surface area contributed by atoms with Gasteiger partial charge in [0, 0.05) is 30.8 Å². The van der Waals surface area contributed by atoms with Crippen LogP contribution < -0.4 is 4.74 Å². The number of aliphatic hydroxyl groups excluding tert-OH is 1. The van der Waals surface area contributed by atoms with E-state index in [1.165, 1.54) is 48.4 Å². The molecule has 0 bridgehead atoms. The van der Waals surface area contributed by atoms with Crippen molar-refractivity contribution in [1.29, 1.82) is 0 Å². The molecule has 3 rings (SSSR count). The molecule has 10 heteroatoms. The number of nitro groups is 1. The molecule has 1 heterocycles. The van der Waals surface area contributed by atoms with Gasteiger partial charge in [-0.05, 0) is 37.9 Å². The standard InChI is InChI=1S/C22H22FN3O6/c1-24(2)9-10-25-19(13-5-4-6-15(11-13)26(30)31)18(21(28)22(25)29)20(27)14-7-8-17(32-3)16(23)12-14/h4-8,11-12,19,27H,9-10H2,1-3H3/b20-18-. The van der Waals surface area contributed by atoms with Crippen molar-refractivity contribution in [3.8, 4) is 5.75 Å². The predicted octanol–water partition coefficient (Wildman–Crippen LogP) is 2.73. The fourth-order valence-corrected chi connectivity index (χ4v) is 3.54. The maximum absolute atomic E-state index is 14.2. The Morgan fingerprint density at radius 1 is 1.25 bits per heavy atom. The van der Waals surface area contributed by atoms with Gasteiger partial charge in [0.05, 0.1) is 23.6 Å². The fourth-order valence-electron chi connectivity index (χ4n) is 3.54. The number of halogens is 1. The van der Waals surface area contributed by atoms with Crippen LogP contribution in [0.4, 0.5) is 10.1 Å². The first-order chi connectivity index (χ1) is 15.1. The highest BCUT2D eigenvalue weighted by Crippen LogP contribution is 2.40. The van der Waals surface area contributed by atoms with Crippen molar-refractivity contribution in [1.82, 2.24) is 9.80 Å². The van der Waals surface area contributed by atoms with Crippen LogP contribution in [0.1, 0.15) is 17.2 Å². The second kappa shape index (κ2) is 9.15. The highest BCUT2D eigenvalue weighted by atomic mass is 19.1. The molecule has 1 unspecified atom stereocenters. The quantitative estimate of drug-likeness (QED) is 0.230. The van der Waals surface area contributed by atoms with Crippen LogP contribution in [0.3, 0.4) is 0 Å². The minimum Gasteiger partial charge on any atom is -0.507 e. The Morgan fingerprint density at radius 3 is 2.56 bits per heavy atom. The first-order valence-electron chi connectivity index (χ1n) is 9.67. The van der Waals surface area contributed by atoms with Crippen LogP contribution in [-0.2, 0) is 9.59 Å². The number of methoxy groups -OCH3 is 1. The maximum Gasteiger partial charge on any atom is 0.295 e. The van der Waals surface area contributed by atoms with Gasteiger partial charge in [0.1, 0.15) is 5.76 Å². The Balaban J connectivity index is 2.19. The van der Waals surface area contributed by atoms with E-state index >= 15 is 0 Å². The summed E-state index contributed by atoms with van der Waals surface area (Å²) >= 11 is 0. The van der Waals surface area contributed by atoms with E-state index in [1.807, 2.05) is 4.90 Å². The van der Waals surface area contributed by atoms with E-state index in [0.29, 0.717) is 6.54 Å². The molecule has 0 radical (unpaired) electrons. The summed E-state index contributed by atoms with van der Waals surface area (Å²) in [6.07, 6.45) is 0. The van der Waals surface area contributed by atoms with Gasteiger partial charge in [-0.2, -0.15) is 0 Å². The average Bonchev–Trinajstić information content (AvgIpc) is 3.01. The van der Waals surface area contributed by atoms with Crippen molar-refractivity contribution >= 4 is 23.1 Å². The molecule has 0 saturated carbocycles. The number of hydrogen-bond acceptors (Lipinski definition) is 7. The first kappa shape index (κ1) is 22.9. The molecule has 2 aromatic rings. The van der Waals surface area contributed by atoms with Crippen molar-refractivity contribution in [2.24, 2.45) is 0 Å². The zero-order valence-corrected chi connectivity index (χ0v) is 17.7. The summed E-state index contributed by atoms with van der Waals surface area (Å²) in [5.74, 6) is -3.19. The average molecular weight is 443 g/mol. The molecule has 168 valence electrons. The van der Waals surface area contributed by atoms with Crippen LogP contribution in [-0.4, -0.2) is 65.8 Å². The van der Waals surface area contributed by atoms with Crippen LogP contribution >= 0.6 is 0 Å². The van der Waals surface area contributed by atoms with Crippen LogP contribution in [0.15, 0.2) is 48.0 Å². The van der Waals surface area contributed by atoms with Gasteiger partial charge in [0.25, 0.3) is 17.4 Å². The first-order valence-corrected chi connectivity index (χ1v) is 9.67. The molecule has 1 fully saturated rings. The van der Waals surface area contributed by atoms with Gasteiger partial charge < -0.3 is 19.6 Å². The monoisotopic (exact) mass is 443 g/mol. The molecule has 1 saturated heterocycles. The van der Waals surface area contributed by atoms with E-state index in [-0.39, 0.29) is 34.7 Å². The molecule has 0 aliphatic carbocycles. The summed E-state index contributed by atoms with van der Waals surface area (Å²) in [5, 5.41) is 22.2. The molecule has 32 heavy (non-hydrogen) atoms. The lowest BCUT2D eigenvalue weighted by Crippen LogP contribution is -2.35. The van der Waals surface area contributed by atoms with E-state index in [2.05, 4.69) is 0 Å². The Labute approximate surface area is 183 Å². The van der Waals surface area contributed by atoms with Crippen molar-refractivity contribution in [2.75, 3.05) is 34.3 Å². The summed E-state index contributed by atoms with van der Waals surface area (Å²) < 4.78 is 19.1. The summed E-state index contributed by atoms with van der Waals surface area (Å²) in [5.41, 5.74) is -0.230. The topological polar surface area (TPSA) is 113 Å². The van der Waals surface area contributed by atoms with Crippen molar-refractivity contribution < 1.29 is 28.7 Å². The Bertz CT molecular complexity index is 1110. The number of ether oxygens (including phenoxy) is 1. The number of benzene rings is 2. The number of amides is 1. The SMILES string of the molecule is COc1ccc(/C(O)=C2/C(=O)C(=O)N(CCN(C)C)C2c2cccc([N+](=O)[O-])c2)cc1F. The van der Waals surface area contributed by atoms with Gasteiger partial charge >= 0.3 is 0 Å². The molecule has 9 nitrogen and oxygen atoms in total. The third-order valence-corrected chi connectivity index (χ3v) is 5.15. The Morgan fingerprint density at radius 2 is 1.97 bits per heavy atom. The van der Waals surface area contributed by atoms with Crippen molar-refractivity contribution in [3.05, 3.63) is 75.1 Å². The van der Waals surface area contributed by atoms with E-state index < -0.39 is 34.2 Å². The van der Waals surface area contributed by atoms with E-state index in [0.717, 1.165) is 6.07 Å². The predicted molar refractivity (Wildman–Crippen MR) is 114 cm³/mol. The fraction of sp³-hybridized carbons (Fsp3) is 0.273. The van der Waals surface area contributed by atoms with E-state index in [9.17, 15) is 29.2 Å². The Kier molecular flexibility index (Phi) is 6.54. The van der Waals surface area contributed by atoms with Gasteiger partial charge in [0.15, 0.2) is 11.6 Å². The van der Waals surface area contributed by atoms with Crippen LogP contribution in [0.2, 0.25) is 0 Å². The van der Waals surface area contributed by atoms with Gasteiger partial charge in [-0.1, -0.05) is 12.1 Å². The molecule has 1 N–H and O–H groups in total. The summed E-state index contributed by atoms with van der Waals surface area (Å²) in [7, 11) is 4.87. The van der Waals surface area contributed by atoms with Crippen molar-refractivity contribution in [2.45, 2.75) is 6.04 Å². The number of nitrogens with zero attached hydrogens (tertiary/aromatic N) is 3. The number of hydrogen-bond donors (Lipinski definition) is 1. The zero-order valence-electron chi connectivity index (χ0n) is 17.7. The second-order valence-corrected chi connectivity index (χ2v) is 7.50. The number of nitro benzene ring substituents is 1. The maximum atomic E-state index is 14.2. The van der Waals surface area contributed by atoms with E-state index in [4.69, 9.17) is 4.74 Å². The molecular formula is C22H22FN3O6. The van der Waals surface area contributed by atoms with Crippen LogP contribution in [0.5, 0.6) is 5.75 Å². The van der Waals surface area contributed by atoms with Gasteiger partial charge in [-0.3, -0.25) is 19.7 Å². The highest BCUT2D eigenvalue weighted by molar-refractivity contribution is 6.46. The number of aliphatic hydroxyl groups is 1. The summed E-state index contributed by atoms with van der Waals surface area (Å²) in [4.78, 5) is 39.5. The van der Waals surface area contributed by atoms with Crippen molar-refractivity contribution in [3.63, 3.8) is 0 Å². The smallest absolute Gasteiger partial charge is 0.295 e. The molecule has 1 atom stereocenters. The number of Topliss-reactive ketones (excluding diaryl/α,β-unsaturated/α-hetero) is 1.